The summed E-state index contributed by atoms with van der Waals surface area (Å²) in [5, 5.41) is 0. The van der Waals surface area contributed by atoms with E-state index in [0.29, 0.717) is 19.3 Å². The summed E-state index contributed by atoms with van der Waals surface area (Å²) in [5.41, 5.74) is 0. The number of carbonyl (C=O) groups excluding carboxylic acids is 3. The highest BCUT2D eigenvalue weighted by molar-refractivity contribution is 5.71. The van der Waals surface area contributed by atoms with Crippen molar-refractivity contribution in [3.8, 4) is 0 Å². The normalized spacial score (nSPS) is 12.1. The Bertz CT molecular complexity index is 1270. The maximum atomic E-state index is 13.0. The quantitative estimate of drug-likeness (QED) is 0.0261. The van der Waals surface area contributed by atoms with Crippen LogP contribution in [0.3, 0.4) is 0 Å². The number of unbranched alkanes of at least 4 members (excludes halogenated alkanes) is 52. The van der Waals surface area contributed by atoms with Crippen LogP contribution in [0, 0.1) is 0 Å². The van der Waals surface area contributed by atoms with Gasteiger partial charge in [0.05, 0.1) is 0 Å². The van der Waals surface area contributed by atoms with Crippen LogP contribution in [0.2, 0.25) is 0 Å². The molecule has 1 atom stereocenters. The lowest BCUT2D eigenvalue weighted by Crippen LogP contribution is -2.30. The number of esters is 3. The topological polar surface area (TPSA) is 78.9 Å². The molecule has 0 bridgehead atoms. The zero-order valence-electron chi connectivity index (χ0n) is 53.7. The Labute approximate surface area is 493 Å². The minimum absolute atomic E-state index is 0.0655. The summed E-state index contributed by atoms with van der Waals surface area (Å²) in [7, 11) is 0. The maximum Gasteiger partial charge on any atom is 0.306 e. The Balaban J connectivity index is 4.30. The molecule has 0 aliphatic rings. The first-order valence-electron chi connectivity index (χ1n) is 35.8. The fourth-order valence-electron chi connectivity index (χ4n) is 11.1. The summed E-state index contributed by atoms with van der Waals surface area (Å²) in [4.78, 5) is 38.5. The third-order valence-electron chi connectivity index (χ3n) is 16.5. The van der Waals surface area contributed by atoms with Crippen LogP contribution in [0.25, 0.3) is 0 Å². The molecule has 0 aromatic rings. The van der Waals surface area contributed by atoms with Gasteiger partial charge in [0.25, 0.3) is 0 Å². The van der Waals surface area contributed by atoms with E-state index in [2.05, 4.69) is 45.1 Å². The molecule has 0 aliphatic heterocycles. The summed E-state index contributed by atoms with van der Waals surface area (Å²) >= 11 is 0. The lowest BCUT2D eigenvalue weighted by atomic mass is 10.0. The van der Waals surface area contributed by atoms with Crippen LogP contribution in [0.5, 0.6) is 0 Å². The Morgan fingerprint density at radius 3 is 0.722 bits per heavy atom. The van der Waals surface area contributed by atoms with Crippen molar-refractivity contribution in [3.05, 3.63) is 24.3 Å². The van der Waals surface area contributed by atoms with Crippen LogP contribution in [-0.2, 0) is 28.6 Å². The summed E-state index contributed by atoms with van der Waals surface area (Å²) in [6.45, 7) is 6.71. The predicted octanol–water partition coefficient (Wildman–Crippen LogP) is 24.6. The molecular formula is C73H138O6. The van der Waals surface area contributed by atoms with Crippen molar-refractivity contribution in [3.63, 3.8) is 0 Å². The van der Waals surface area contributed by atoms with Gasteiger partial charge >= 0.3 is 17.9 Å². The van der Waals surface area contributed by atoms with Crippen LogP contribution in [-0.4, -0.2) is 37.2 Å². The maximum absolute atomic E-state index is 13.0. The summed E-state index contributed by atoms with van der Waals surface area (Å²) in [6, 6.07) is 0. The molecule has 0 amide bonds. The molecule has 1 unspecified atom stereocenters. The van der Waals surface area contributed by atoms with Gasteiger partial charge in [-0.05, 0) is 51.4 Å². The van der Waals surface area contributed by atoms with Crippen molar-refractivity contribution in [1.29, 1.82) is 0 Å². The molecule has 6 nitrogen and oxygen atoms in total. The Kier molecular flexibility index (Phi) is 66.6. The van der Waals surface area contributed by atoms with Crippen molar-refractivity contribution < 1.29 is 28.6 Å². The van der Waals surface area contributed by atoms with E-state index in [9.17, 15) is 14.4 Å². The summed E-state index contributed by atoms with van der Waals surface area (Å²) in [6.07, 6.45) is 83.4. The first kappa shape index (κ1) is 76.9. The largest absolute Gasteiger partial charge is 0.462 e. The minimum Gasteiger partial charge on any atom is -0.462 e. The number of carbonyl (C=O) groups is 3. The summed E-state index contributed by atoms with van der Waals surface area (Å²) < 4.78 is 17.0. The number of hydrogen-bond donors (Lipinski definition) is 0. The second-order valence-electron chi connectivity index (χ2n) is 24.5. The van der Waals surface area contributed by atoms with Crippen molar-refractivity contribution in [1.82, 2.24) is 0 Å². The second-order valence-corrected chi connectivity index (χ2v) is 24.5. The van der Waals surface area contributed by atoms with Crippen molar-refractivity contribution in [2.45, 2.75) is 412 Å². The average molecular weight is 1110 g/mol. The molecule has 0 saturated heterocycles. The lowest BCUT2D eigenvalue weighted by molar-refractivity contribution is -0.167. The molecule has 79 heavy (non-hydrogen) atoms. The van der Waals surface area contributed by atoms with E-state index in [1.54, 1.807) is 0 Å². The molecule has 6 heteroatoms. The smallest absolute Gasteiger partial charge is 0.306 e. The van der Waals surface area contributed by atoms with Gasteiger partial charge in [-0.25, -0.2) is 0 Å². The van der Waals surface area contributed by atoms with Gasteiger partial charge in [0.1, 0.15) is 13.2 Å². The van der Waals surface area contributed by atoms with Gasteiger partial charge in [-0.1, -0.05) is 360 Å². The fourth-order valence-corrected chi connectivity index (χ4v) is 11.1. The van der Waals surface area contributed by atoms with Gasteiger partial charge in [0, 0.05) is 19.3 Å². The molecule has 0 fully saturated rings. The molecule has 0 aliphatic carbocycles. The van der Waals surface area contributed by atoms with Crippen LogP contribution in [0.15, 0.2) is 24.3 Å². The Morgan fingerprint density at radius 1 is 0.253 bits per heavy atom. The van der Waals surface area contributed by atoms with Gasteiger partial charge in [-0.3, -0.25) is 14.4 Å². The van der Waals surface area contributed by atoms with Crippen LogP contribution in [0.4, 0.5) is 0 Å². The zero-order chi connectivity index (χ0) is 57.1. The lowest BCUT2D eigenvalue weighted by Gasteiger charge is -2.18. The third kappa shape index (κ3) is 66.6. The van der Waals surface area contributed by atoms with E-state index in [1.807, 2.05) is 0 Å². The zero-order valence-corrected chi connectivity index (χ0v) is 53.7. The first-order chi connectivity index (χ1) is 39.0. The molecule has 0 N–H and O–H groups in total. The first-order valence-corrected chi connectivity index (χ1v) is 35.8. The minimum atomic E-state index is -0.770. The number of hydrogen-bond acceptors (Lipinski definition) is 6. The highest BCUT2D eigenvalue weighted by Gasteiger charge is 2.19. The summed E-state index contributed by atoms with van der Waals surface area (Å²) in [5.74, 6) is -0.834. The van der Waals surface area contributed by atoms with Gasteiger partial charge < -0.3 is 14.2 Å². The van der Waals surface area contributed by atoms with Gasteiger partial charge in [0.15, 0.2) is 6.10 Å². The Hall–Kier alpha value is -2.11. The van der Waals surface area contributed by atoms with Crippen LogP contribution < -0.4 is 0 Å². The van der Waals surface area contributed by atoms with E-state index in [-0.39, 0.29) is 31.1 Å². The van der Waals surface area contributed by atoms with Gasteiger partial charge in [0.2, 0.25) is 0 Å². The van der Waals surface area contributed by atoms with E-state index in [1.165, 1.54) is 302 Å². The molecule has 0 aromatic heterocycles. The van der Waals surface area contributed by atoms with Crippen molar-refractivity contribution in [2.24, 2.45) is 0 Å². The molecule has 0 radical (unpaired) electrons. The molecule has 0 rings (SSSR count). The van der Waals surface area contributed by atoms with Crippen LogP contribution in [0.1, 0.15) is 406 Å². The number of rotatable bonds is 67. The SMILES string of the molecule is CCCCC/C=C\C/C=C\CCCCCCCCCCCC(=O)OCC(COC(=O)CCCCCCCCCCCCCCCCCCCCCCC)OC(=O)CCCCCCCCCCCCCCCCCCCCCCC. The van der Waals surface area contributed by atoms with Crippen molar-refractivity contribution in [2.75, 3.05) is 13.2 Å². The monoisotopic (exact) mass is 1110 g/mol. The van der Waals surface area contributed by atoms with E-state index < -0.39 is 6.10 Å². The molecule has 0 heterocycles. The Morgan fingerprint density at radius 2 is 0.456 bits per heavy atom. The third-order valence-corrected chi connectivity index (χ3v) is 16.5. The second kappa shape index (κ2) is 68.4. The van der Waals surface area contributed by atoms with E-state index in [0.717, 1.165) is 64.2 Å². The standard InChI is InChI=1S/C73H138O6/c1-4-7-10-13-16-19-22-25-28-31-34-36-39-42-45-48-51-54-57-60-63-66-72(75)78-69-70(68-77-71(74)65-62-59-56-53-50-47-44-41-38-33-30-27-24-21-18-15-12-9-6-3)79-73(76)67-64-61-58-55-52-49-46-43-40-37-35-32-29-26-23-20-17-14-11-8-5-2/h18,21,27,30,70H,4-17,19-20,22-26,28-29,31-69H2,1-3H3/b21-18-,30-27-. The van der Waals surface area contributed by atoms with Crippen molar-refractivity contribution >= 4 is 17.9 Å². The predicted molar refractivity (Wildman–Crippen MR) is 344 cm³/mol. The van der Waals surface area contributed by atoms with Crippen LogP contribution >= 0.6 is 0 Å². The molecule has 0 spiro atoms. The molecular weight excluding hydrogens is 973 g/mol. The molecule has 466 valence electrons. The van der Waals surface area contributed by atoms with E-state index in [4.69, 9.17) is 14.2 Å². The van der Waals surface area contributed by atoms with E-state index >= 15 is 0 Å². The average Bonchev–Trinajstić information content (AvgIpc) is 3.45. The van der Waals surface area contributed by atoms with Gasteiger partial charge in [-0.2, -0.15) is 0 Å². The molecule has 0 aromatic carbocycles. The molecule has 0 saturated carbocycles. The number of ether oxygens (including phenoxy) is 3. The highest BCUT2D eigenvalue weighted by atomic mass is 16.6. The fraction of sp³-hybridized carbons (Fsp3) is 0.904. The highest BCUT2D eigenvalue weighted by Crippen LogP contribution is 2.19. The number of allylic oxidation sites excluding steroid dienone is 4. The van der Waals surface area contributed by atoms with Gasteiger partial charge in [-0.15, -0.1) is 0 Å².